The number of unbranched alkanes of at least 4 members (excludes halogenated alkanes) is 2. The molecule has 2 unspecified atom stereocenters. The molecule has 2 aromatic carbocycles. The summed E-state index contributed by atoms with van der Waals surface area (Å²) in [6.45, 7) is 37.8. The van der Waals surface area contributed by atoms with Crippen LogP contribution in [0.3, 0.4) is 0 Å². The molecule has 736 valence electrons. The van der Waals surface area contributed by atoms with Crippen LogP contribution in [0.25, 0.3) is 21.7 Å². The standard InChI is InChI=1S/C47H74N8O11.C40H69N7O10.C8H7N/c1-12-21-62-44(59)50-26-34-23-36(53(9)10)39(57)43(63-34)65-41-29(4)38(56)30(5)42(58)64-37(13-2)47(8)40(31(6)49-25-28(3)24-46(41,7)61-11)55(45(60)66-47)20-15-14-19-54-27-35(51-52-54)32-17-16-18-33(48)22-32;1-13-19-53-37(50)43-23-29-20-30(46(10)11)25(4)36(54-29)56-34-26(5)32(48)27(6)35(49)55-31(14-2)40(9)33(28(7)42-22-24(3)21-39(34,8)52-12)47(38(51)57-40)18-16-15-17-44-45-41;1-2-7-4-3-5-8(9)6-7/h12,16-18,22,27-31,34,36-37,39-41,43,49,57H,1,13-15,19-21,23-26,48H2,2-11H3,(H,50,59);13,24-31,33-34,36,42H,1,14-23H2,2-12H3,(H,43,50);1,3-6H,9H2/t28-,29+,30-,31-,34+,36?,37-,39-,40-,41-,43+,46-,47-;24-,25-,26+,27-,28-,29+,30?,31-,33-,34-,36+,39-,40-;/m11./s1. The molecule has 7 heterocycles. The highest BCUT2D eigenvalue weighted by Crippen LogP contribution is 2.44. The summed E-state index contributed by atoms with van der Waals surface area (Å²) >= 11 is 0. The normalized spacial score (nSPS) is 33.3. The van der Waals surface area contributed by atoms with Crippen LogP contribution in [0.2, 0.25) is 0 Å². The van der Waals surface area contributed by atoms with E-state index in [4.69, 9.17) is 80.3 Å². The summed E-state index contributed by atoms with van der Waals surface area (Å²) in [5.41, 5.74) is 19.2. The number of esters is 2. The van der Waals surface area contributed by atoms with Crippen molar-refractivity contribution in [3.8, 4) is 23.6 Å². The zero-order valence-electron chi connectivity index (χ0n) is 81.4. The maximum atomic E-state index is 14.6. The number of methoxy groups -OCH3 is 2. The van der Waals surface area contributed by atoms with Gasteiger partial charge in [-0.15, -0.1) is 11.5 Å². The van der Waals surface area contributed by atoms with Crippen LogP contribution in [0.15, 0.2) is 85.2 Å². The van der Waals surface area contributed by atoms with Crippen molar-refractivity contribution in [2.24, 2.45) is 46.5 Å². The Balaban J connectivity index is 0.000000331. The molecule has 26 atom stereocenters. The smallest absolute Gasteiger partial charge is 0.410 e. The second-order valence-electron chi connectivity index (χ2n) is 37.3. The van der Waals surface area contributed by atoms with E-state index in [0.29, 0.717) is 121 Å². The van der Waals surface area contributed by atoms with E-state index in [1.165, 1.54) is 26.0 Å². The number of cyclic esters (lactones) is 2. The van der Waals surface area contributed by atoms with E-state index in [1.807, 2.05) is 124 Å². The number of Topliss-reactive ketones (excluding diaryl/α,β-unsaturated/α-hetero) is 2. The fourth-order valence-corrected chi connectivity index (χ4v) is 19.4. The van der Waals surface area contributed by atoms with Crippen LogP contribution in [-0.4, -0.2) is 303 Å². The second kappa shape index (κ2) is 50.7. The van der Waals surface area contributed by atoms with Crippen LogP contribution in [0.5, 0.6) is 0 Å². The molecule has 6 fully saturated rings. The van der Waals surface area contributed by atoms with E-state index >= 15 is 0 Å². The summed E-state index contributed by atoms with van der Waals surface area (Å²) < 4.78 is 75.8. The number of ketones is 2. The Labute approximate surface area is 779 Å². The summed E-state index contributed by atoms with van der Waals surface area (Å²) in [5.74, 6) is -4.38. The number of aromatic nitrogens is 3. The topological polar surface area (TPSA) is 460 Å². The Bertz CT molecular complexity index is 4380. The molecule has 0 aliphatic carbocycles. The number of aliphatic hydroxyl groups excluding tert-OH is 1. The molecule has 9 rings (SSSR count). The first-order chi connectivity index (χ1) is 62.5. The van der Waals surface area contributed by atoms with Gasteiger partial charge in [0, 0.05) is 123 Å². The van der Waals surface area contributed by atoms with Gasteiger partial charge in [0.25, 0.3) is 0 Å². The van der Waals surface area contributed by atoms with E-state index < -0.39 is 162 Å². The molecule has 0 saturated carbocycles. The van der Waals surface area contributed by atoms with Gasteiger partial charge in [0.15, 0.2) is 35.3 Å². The van der Waals surface area contributed by atoms with Crippen LogP contribution >= 0.6 is 0 Å². The largest absolute Gasteiger partial charge is 0.458 e. The number of carbonyl (C=O) groups excluding carboxylic acids is 8. The number of alkyl carbamates (subject to hydrolysis) is 2. The third-order valence-electron chi connectivity index (χ3n) is 26.7. The number of benzene rings is 2. The van der Waals surface area contributed by atoms with Crippen molar-refractivity contribution in [1.29, 1.82) is 0 Å². The molecule has 132 heavy (non-hydrogen) atoms. The van der Waals surface area contributed by atoms with Gasteiger partial charge >= 0.3 is 36.3 Å². The van der Waals surface area contributed by atoms with Gasteiger partial charge in [0.05, 0.1) is 53.9 Å². The number of likely N-dealkylation sites (N-methyl/N-ethyl adjacent to an activating group) is 1. The highest BCUT2D eigenvalue weighted by molar-refractivity contribution is 6.01. The Morgan fingerprint density at radius 3 is 1.55 bits per heavy atom. The molecule has 1 aromatic heterocycles. The van der Waals surface area contributed by atoms with Crippen LogP contribution in [0.1, 0.15) is 174 Å². The first-order valence-corrected chi connectivity index (χ1v) is 46.3. The number of nitrogens with one attached hydrogen (secondary N) is 4. The monoisotopic (exact) mass is 1850 g/mol. The molecular weight excluding hydrogens is 1700 g/mol. The van der Waals surface area contributed by atoms with Crippen molar-refractivity contribution >= 4 is 59.3 Å². The minimum atomic E-state index is -1.28. The molecule has 6 saturated heterocycles. The number of nitrogens with zero attached hydrogens (tertiary/aromatic N) is 10. The van der Waals surface area contributed by atoms with Crippen molar-refractivity contribution in [2.75, 3.05) is 113 Å². The van der Waals surface area contributed by atoms with Crippen LogP contribution < -0.4 is 32.7 Å². The molecule has 4 amide bonds. The summed E-state index contributed by atoms with van der Waals surface area (Å²) in [6.07, 6.45) is 4.72. The first kappa shape index (κ1) is 109. The number of aliphatic hydroxyl groups is 1. The zero-order chi connectivity index (χ0) is 97.9. The average molecular weight is 1850 g/mol. The lowest BCUT2D eigenvalue weighted by Gasteiger charge is -2.47. The number of hydrogen-bond donors (Lipinski definition) is 7. The fraction of sp³-hybridized carbons (Fsp3) is 0.705. The highest BCUT2D eigenvalue weighted by Gasteiger charge is 2.61. The van der Waals surface area contributed by atoms with Gasteiger partial charge < -0.3 is 104 Å². The maximum absolute atomic E-state index is 14.6. The molecular formula is C95H150N16O21. The summed E-state index contributed by atoms with van der Waals surface area (Å²) in [5, 5.41) is 36.7. The predicted octanol–water partition coefficient (Wildman–Crippen LogP) is 10.6. The minimum absolute atomic E-state index is 0.00633. The molecule has 37 heteroatoms. The predicted molar refractivity (Wildman–Crippen MR) is 498 cm³/mol. The van der Waals surface area contributed by atoms with Crippen molar-refractivity contribution in [3.05, 3.63) is 96.0 Å². The number of carbonyl (C=O) groups is 8. The van der Waals surface area contributed by atoms with Gasteiger partial charge in [-0.1, -0.05) is 108 Å². The van der Waals surface area contributed by atoms with Crippen molar-refractivity contribution in [1.82, 2.24) is 55.9 Å². The number of amides is 4. The van der Waals surface area contributed by atoms with Crippen molar-refractivity contribution < 1.29 is 100 Å². The maximum Gasteiger partial charge on any atom is 0.410 e. The molecule has 0 bridgehead atoms. The van der Waals surface area contributed by atoms with E-state index in [1.54, 1.807) is 68.5 Å². The highest BCUT2D eigenvalue weighted by atomic mass is 16.7. The third-order valence-corrected chi connectivity index (χ3v) is 26.7. The number of rotatable bonds is 29. The van der Waals surface area contributed by atoms with E-state index in [-0.39, 0.29) is 68.0 Å². The van der Waals surface area contributed by atoms with Crippen molar-refractivity contribution in [2.45, 2.75) is 289 Å². The average Bonchev–Trinajstić information content (AvgIpc) is 1.59. The molecule has 6 aliphatic rings. The lowest BCUT2D eigenvalue weighted by Crippen LogP contribution is -2.61. The number of fused-ring (bicyclic) bond motifs is 2. The Morgan fingerprint density at radius 1 is 0.674 bits per heavy atom. The Hall–Kier alpha value is -9.55. The van der Waals surface area contributed by atoms with Crippen LogP contribution in [-0.2, 0) is 82.6 Å². The van der Waals surface area contributed by atoms with Gasteiger partial charge in [-0.05, 0) is 209 Å². The SMILES string of the molecule is C#Cc1cccc(N)c1.C=CCOC(=O)NC[C@@H]1CC(N(C)C)[C@@H](C)[C@H](O[C@@H]2[C@@H](C)C(=O)[C@@H](C)C(=O)O[C@H](CC)[C@@]3(C)OC(=O)N(CCCCN=[N+]=[N-])[C@@H]3[C@@H](C)NC[C@H](C)C[C@@]2(C)OC)O1.C=CCOC(=O)NC[C@@H]1CC(N(C)C)[C@@H](O)[C@H](O[C@@H]2[C@@H](C)C(=O)[C@@H](C)C(=O)O[C@H](CC)[C@@]3(C)OC(=O)N(CCCCn4cc(-c5cccc(N)c5)nn4)[C@@H]3[C@@H](C)NC[C@H](C)C[C@@]2(C)OC)O1. The van der Waals surface area contributed by atoms with Gasteiger partial charge in [0.1, 0.15) is 49.1 Å². The summed E-state index contributed by atoms with van der Waals surface area (Å²) in [6, 6.07) is 12.5. The quantitative estimate of drug-likeness (QED) is 0.00324. The molecule has 0 spiro atoms. The molecule has 3 aromatic rings. The summed E-state index contributed by atoms with van der Waals surface area (Å²) in [4.78, 5) is 119. The number of aryl methyl sites for hydroxylation is 1. The van der Waals surface area contributed by atoms with Gasteiger partial charge in [-0.3, -0.25) is 33.7 Å². The lowest BCUT2D eigenvalue weighted by molar-refractivity contribution is -0.296. The lowest BCUT2D eigenvalue weighted by atomic mass is 9.78. The first-order valence-electron chi connectivity index (χ1n) is 46.3. The van der Waals surface area contributed by atoms with E-state index in [2.05, 4.69) is 79.4 Å². The third kappa shape index (κ3) is 28.5. The molecule has 6 aliphatic heterocycles. The number of ether oxygens (including phenoxy) is 12. The number of nitrogen functional groups attached to an aromatic ring is 2. The van der Waals surface area contributed by atoms with Gasteiger partial charge in [0.2, 0.25) is 0 Å². The fourth-order valence-electron chi connectivity index (χ4n) is 19.4. The molecule has 37 nitrogen and oxygen atoms in total. The number of anilines is 2. The zero-order valence-corrected chi connectivity index (χ0v) is 81.4. The van der Waals surface area contributed by atoms with Gasteiger partial charge in [-0.2, -0.15) is 0 Å². The van der Waals surface area contributed by atoms with Crippen LogP contribution in [0, 0.1) is 53.8 Å². The Morgan fingerprint density at radius 2 is 1.12 bits per heavy atom. The van der Waals surface area contributed by atoms with Crippen molar-refractivity contribution in [3.63, 3.8) is 0 Å². The minimum Gasteiger partial charge on any atom is -0.458 e. The Kier molecular flexibility index (Phi) is 42.0. The number of hydrogen-bond acceptors (Lipinski definition) is 30. The van der Waals surface area contributed by atoms with E-state index in [9.17, 15) is 43.5 Å². The van der Waals surface area contributed by atoms with Crippen LogP contribution in [0.4, 0.5) is 30.6 Å². The molecule has 0 radical (unpaired) electrons. The summed E-state index contributed by atoms with van der Waals surface area (Å²) in [7, 11) is 10.8. The number of azide groups is 1. The van der Waals surface area contributed by atoms with E-state index in [0.717, 1.165) is 11.1 Å². The number of nitrogens with two attached hydrogens (primary N) is 2. The number of terminal acetylenes is 1. The molecule has 9 N–H and O–H groups in total. The van der Waals surface area contributed by atoms with Gasteiger partial charge in [-0.25, -0.2) is 19.2 Å². The second-order valence-corrected chi connectivity index (χ2v) is 37.3.